The third kappa shape index (κ3) is 3.49. The number of thiazole rings is 1. The lowest BCUT2D eigenvalue weighted by molar-refractivity contribution is 0.102. The summed E-state index contributed by atoms with van der Waals surface area (Å²) in [4.78, 5) is 22.6. The summed E-state index contributed by atoms with van der Waals surface area (Å²) in [7, 11) is 0. The van der Waals surface area contributed by atoms with E-state index < -0.39 is 0 Å². The fourth-order valence-electron chi connectivity index (χ4n) is 3.32. The first kappa shape index (κ1) is 18.3. The van der Waals surface area contributed by atoms with Crippen LogP contribution in [0.1, 0.15) is 15.9 Å². The van der Waals surface area contributed by atoms with Crippen LogP contribution in [0.15, 0.2) is 85.3 Å². The van der Waals surface area contributed by atoms with Crippen LogP contribution in [0.2, 0.25) is 0 Å². The van der Waals surface area contributed by atoms with Crippen molar-refractivity contribution in [3.05, 3.63) is 96.4 Å². The summed E-state index contributed by atoms with van der Waals surface area (Å²) in [6.45, 7) is 1.99. The first-order valence-corrected chi connectivity index (χ1v) is 10.4. The van der Waals surface area contributed by atoms with Gasteiger partial charge in [0.15, 0.2) is 0 Å². The average Bonchev–Trinajstić information content (AvgIpc) is 3.45. The van der Waals surface area contributed by atoms with Gasteiger partial charge in [-0.1, -0.05) is 11.3 Å². The number of carbonyl (C=O) groups is 1. The molecule has 0 unspecified atom stereocenters. The maximum Gasteiger partial charge on any atom is 0.255 e. The summed E-state index contributed by atoms with van der Waals surface area (Å²) < 4.78 is 2.00. The zero-order valence-corrected chi connectivity index (χ0v) is 17.1. The van der Waals surface area contributed by atoms with Crippen molar-refractivity contribution >= 4 is 33.3 Å². The lowest BCUT2D eigenvalue weighted by Gasteiger charge is -2.10. The highest BCUT2D eigenvalue weighted by molar-refractivity contribution is 7.21. The number of carbonyl (C=O) groups excluding carboxylic acids is 1. The third-order valence-corrected chi connectivity index (χ3v) is 5.95. The maximum atomic E-state index is 12.7. The molecule has 0 saturated carbocycles. The molecule has 0 aliphatic heterocycles. The van der Waals surface area contributed by atoms with E-state index in [0.29, 0.717) is 5.56 Å². The van der Waals surface area contributed by atoms with Crippen LogP contribution in [0.25, 0.3) is 26.6 Å². The van der Waals surface area contributed by atoms with Gasteiger partial charge in [0, 0.05) is 41.1 Å². The summed E-state index contributed by atoms with van der Waals surface area (Å²) in [5.74, 6) is -0.130. The number of anilines is 1. The zero-order valence-electron chi connectivity index (χ0n) is 16.2. The lowest BCUT2D eigenvalue weighted by Crippen LogP contribution is -2.12. The molecule has 0 spiro atoms. The largest absolute Gasteiger partial charge is 0.324 e. The molecule has 3 aromatic heterocycles. The predicted octanol–water partition coefficient (Wildman–Crippen LogP) is 5.71. The van der Waals surface area contributed by atoms with Gasteiger partial charge in [-0.05, 0) is 79.2 Å². The van der Waals surface area contributed by atoms with Crippen LogP contribution >= 0.6 is 11.3 Å². The van der Waals surface area contributed by atoms with E-state index >= 15 is 0 Å². The number of pyridine rings is 1. The number of benzene rings is 2. The molecule has 1 amide bonds. The molecule has 0 bridgehead atoms. The highest BCUT2D eigenvalue weighted by Gasteiger charge is 2.11. The molecule has 5 rings (SSSR count). The molecule has 0 fully saturated rings. The summed E-state index contributed by atoms with van der Waals surface area (Å²) in [6, 6.07) is 21.3. The van der Waals surface area contributed by atoms with Crippen LogP contribution in [0.4, 0.5) is 5.69 Å². The second-order valence-corrected chi connectivity index (χ2v) is 7.95. The molecule has 5 aromatic rings. The molecule has 0 aliphatic carbocycles. The number of rotatable bonds is 4. The Hall–Kier alpha value is -3.77. The molecule has 5 nitrogen and oxygen atoms in total. The van der Waals surface area contributed by atoms with E-state index in [1.165, 1.54) is 0 Å². The molecule has 6 heteroatoms. The SMILES string of the molecule is Cc1cc(-c2nc3cccnc3s2)ccc1NC(=O)c1ccc(-n2cccc2)cc1. The monoisotopic (exact) mass is 410 g/mol. The minimum atomic E-state index is -0.130. The summed E-state index contributed by atoms with van der Waals surface area (Å²) >= 11 is 1.56. The van der Waals surface area contributed by atoms with Crippen molar-refractivity contribution in [2.24, 2.45) is 0 Å². The predicted molar refractivity (Wildman–Crippen MR) is 121 cm³/mol. The van der Waals surface area contributed by atoms with E-state index in [1.54, 1.807) is 17.5 Å². The molecule has 146 valence electrons. The number of fused-ring (bicyclic) bond motifs is 1. The molecule has 3 heterocycles. The Labute approximate surface area is 177 Å². The van der Waals surface area contributed by atoms with Gasteiger partial charge in [-0.2, -0.15) is 0 Å². The van der Waals surface area contributed by atoms with Crippen molar-refractivity contribution < 1.29 is 4.79 Å². The number of aromatic nitrogens is 3. The van der Waals surface area contributed by atoms with Gasteiger partial charge in [-0.15, -0.1) is 0 Å². The number of aryl methyl sites for hydroxylation is 1. The molecule has 0 saturated heterocycles. The average molecular weight is 411 g/mol. The van der Waals surface area contributed by atoms with Gasteiger partial charge >= 0.3 is 0 Å². The highest BCUT2D eigenvalue weighted by Crippen LogP contribution is 2.31. The van der Waals surface area contributed by atoms with Crippen molar-refractivity contribution in [1.82, 2.24) is 14.5 Å². The Morgan fingerprint density at radius 2 is 1.80 bits per heavy atom. The topological polar surface area (TPSA) is 59.8 Å². The zero-order chi connectivity index (χ0) is 20.5. The van der Waals surface area contributed by atoms with E-state index in [4.69, 9.17) is 0 Å². The molecule has 2 aromatic carbocycles. The second-order valence-electron chi connectivity index (χ2n) is 6.97. The molecule has 0 aliphatic rings. The number of hydrogen-bond acceptors (Lipinski definition) is 4. The van der Waals surface area contributed by atoms with Gasteiger partial charge in [0.25, 0.3) is 5.91 Å². The number of hydrogen-bond donors (Lipinski definition) is 1. The number of nitrogens with one attached hydrogen (secondary N) is 1. The molecule has 30 heavy (non-hydrogen) atoms. The number of amides is 1. The van der Waals surface area contributed by atoms with Gasteiger partial charge in [0.2, 0.25) is 0 Å². The van der Waals surface area contributed by atoms with Gasteiger partial charge in [-0.25, -0.2) is 9.97 Å². The molecule has 0 atom stereocenters. The maximum absolute atomic E-state index is 12.7. The normalized spacial score (nSPS) is 11.0. The van der Waals surface area contributed by atoms with Crippen molar-refractivity contribution in [3.8, 4) is 16.3 Å². The van der Waals surface area contributed by atoms with Gasteiger partial charge in [0.1, 0.15) is 15.4 Å². The van der Waals surface area contributed by atoms with Crippen LogP contribution in [0.5, 0.6) is 0 Å². The first-order chi connectivity index (χ1) is 14.7. The number of nitrogens with zero attached hydrogens (tertiary/aromatic N) is 3. The Morgan fingerprint density at radius 1 is 1.00 bits per heavy atom. The van der Waals surface area contributed by atoms with E-state index in [0.717, 1.165) is 37.9 Å². The minimum absolute atomic E-state index is 0.130. The van der Waals surface area contributed by atoms with Crippen molar-refractivity contribution in [2.75, 3.05) is 5.32 Å². The molecule has 0 radical (unpaired) electrons. The standard InChI is InChI=1S/C24H18N4OS/c1-16-15-18(23-27-21-5-4-12-25-24(21)30-23)8-11-20(16)26-22(29)17-6-9-19(10-7-17)28-13-2-3-14-28/h2-15H,1H3,(H,26,29). The Morgan fingerprint density at radius 3 is 2.53 bits per heavy atom. The molecule has 1 N–H and O–H groups in total. The summed E-state index contributed by atoms with van der Waals surface area (Å²) in [6.07, 6.45) is 5.72. The van der Waals surface area contributed by atoms with Crippen LogP contribution in [-0.4, -0.2) is 20.4 Å². The lowest BCUT2D eigenvalue weighted by atomic mass is 10.1. The minimum Gasteiger partial charge on any atom is -0.324 e. The smallest absolute Gasteiger partial charge is 0.255 e. The van der Waals surface area contributed by atoms with Crippen molar-refractivity contribution in [2.45, 2.75) is 6.92 Å². The summed E-state index contributed by atoms with van der Waals surface area (Å²) in [5.41, 5.74) is 5.32. The Bertz CT molecular complexity index is 1300. The van der Waals surface area contributed by atoms with E-state index in [9.17, 15) is 4.79 Å². The van der Waals surface area contributed by atoms with Crippen LogP contribution in [0, 0.1) is 6.92 Å². The Kier molecular flexibility index (Phi) is 4.61. The van der Waals surface area contributed by atoms with E-state index in [2.05, 4.69) is 15.3 Å². The van der Waals surface area contributed by atoms with Gasteiger partial charge in [0.05, 0.1) is 0 Å². The molecular formula is C24H18N4OS. The van der Waals surface area contributed by atoms with E-state index in [-0.39, 0.29) is 5.91 Å². The fraction of sp³-hybridized carbons (Fsp3) is 0.0417. The second kappa shape index (κ2) is 7.57. The Balaban J connectivity index is 1.35. The van der Waals surface area contributed by atoms with Crippen molar-refractivity contribution in [3.63, 3.8) is 0 Å². The molecular weight excluding hydrogens is 392 g/mol. The van der Waals surface area contributed by atoms with Crippen LogP contribution in [-0.2, 0) is 0 Å². The fourth-order valence-corrected chi connectivity index (χ4v) is 4.22. The third-order valence-electron chi connectivity index (χ3n) is 4.92. The summed E-state index contributed by atoms with van der Waals surface area (Å²) in [5, 5.41) is 3.93. The van der Waals surface area contributed by atoms with Crippen LogP contribution < -0.4 is 5.32 Å². The van der Waals surface area contributed by atoms with Crippen molar-refractivity contribution in [1.29, 1.82) is 0 Å². The quantitative estimate of drug-likeness (QED) is 0.413. The highest BCUT2D eigenvalue weighted by atomic mass is 32.1. The van der Waals surface area contributed by atoms with E-state index in [1.807, 2.05) is 90.6 Å². The van der Waals surface area contributed by atoms with Gasteiger partial charge < -0.3 is 9.88 Å². The van der Waals surface area contributed by atoms with Gasteiger partial charge in [-0.3, -0.25) is 4.79 Å². The first-order valence-electron chi connectivity index (χ1n) is 9.55. The van der Waals surface area contributed by atoms with Crippen LogP contribution in [0.3, 0.4) is 0 Å².